The lowest BCUT2D eigenvalue weighted by atomic mass is 10.2. The van der Waals surface area contributed by atoms with Crippen LogP contribution in [0.5, 0.6) is 0 Å². The molecule has 24 heavy (non-hydrogen) atoms. The van der Waals surface area contributed by atoms with Crippen molar-refractivity contribution in [2.45, 2.75) is 24.1 Å². The molecule has 2 rings (SSSR count). The number of carbonyl (C=O) groups is 1. The predicted molar refractivity (Wildman–Crippen MR) is 90.3 cm³/mol. The van der Waals surface area contributed by atoms with E-state index in [1.54, 1.807) is 26.0 Å². The van der Waals surface area contributed by atoms with E-state index in [9.17, 15) is 9.59 Å². The van der Waals surface area contributed by atoms with Gasteiger partial charge in [-0.1, -0.05) is 0 Å². The minimum atomic E-state index is -0.716. The third-order valence-corrected chi connectivity index (χ3v) is 4.34. The Morgan fingerprint density at radius 3 is 2.96 bits per heavy atom. The van der Waals surface area contributed by atoms with Crippen LogP contribution in [0.3, 0.4) is 0 Å². The van der Waals surface area contributed by atoms with Gasteiger partial charge in [0.25, 0.3) is 5.56 Å². The number of hydrogen-bond acceptors (Lipinski definition) is 7. The van der Waals surface area contributed by atoms with E-state index >= 15 is 0 Å². The summed E-state index contributed by atoms with van der Waals surface area (Å²) >= 11 is 4.44. The molecule has 0 bridgehead atoms. The van der Waals surface area contributed by atoms with Gasteiger partial charge in [-0.2, -0.15) is 5.26 Å². The van der Waals surface area contributed by atoms with Crippen molar-refractivity contribution in [3.05, 3.63) is 44.0 Å². The molecule has 0 spiro atoms. The molecule has 9 heteroatoms. The second-order valence-electron chi connectivity index (χ2n) is 4.47. The number of nitrogens with one attached hydrogen (secondary N) is 1. The molecule has 2 aromatic heterocycles. The van der Waals surface area contributed by atoms with Gasteiger partial charge < -0.3 is 14.1 Å². The fourth-order valence-corrected chi connectivity index (χ4v) is 3.05. The highest BCUT2D eigenvalue weighted by atomic mass is 79.9. The summed E-state index contributed by atoms with van der Waals surface area (Å²) in [6.45, 7) is 3.54. The highest BCUT2D eigenvalue weighted by Crippen LogP contribution is 2.34. The number of hydrogen-bond donors (Lipinski definition) is 1. The number of rotatable bonds is 5. The molecule has 0 aliphatic carbocycles. The van der Waals surface area contributed by atoms with Crippen LogP contribution in [0.15, 0.2) is 41.6 Å². The molecule has 0 atom stereocenters. The van der Waals surface area contributed by atoms with Gasteiger partial charge in [0.15, 0.2) is 10.2 Å². The van der Waals surface area contributed by atoms with E-state index in [0.29, 0.717) is 26.2 Å². The zero-order valence-electron chi connectivity index (χ0n) is 12.8. The van der Waals surface area contributed by atoms with E-state index in [-0.39, 0.29) is 17.7 Å². The molecule has 0 amide bonds. The normalized spacial score (nSPS) is 11.2. The van der Waals surface area contributed by atoms with E-state index < -0.39 is 5.97 Å². The van der Waals surface area contributed by atoms with Gasteiger partial charge >= 0.3 is 5.97 Å². The summed E-state index contributed by atoms with van der Waals surface area (Å²) in [5, 5.41) is 9.83. The number of aromatic nitrogens is 2. The van der Waals surface area contributed by atoms with E-state index in [4.69, 9.17) is 14.4 Å². The molecule has 0 fully saturated rings. The minimum Gasteiger partial charge on any atom is -0.462 e. The van der Waals surface area contributed by atoms with Crippen molar-refractivity contribution in [1.29, 1.82) is 5.26 Å². The highest BCUT2D eigenvalue weighted by molar-refractivity contribution is 9.10. The first-order chi connectivity index (χ1) is 11.4. The molecule has 0 saturated heterocycles. The lowest BCUT2D eigenvalue weighted by Crippen LogP contribution is -2.07. The largest absolute Gasteiger partial charge is 0.462 e. The quantitative estimate of drug-likeness (QED) is 0.349. The number of nitriles is 1. The first kappa shape index (κ1) is 18.0. The van der Waals surface area contributed by atoms with Gasteiger partial charge in [0.05, 0.1) is 11.1 Å². The molecule has 2 aromatic rings. The van der Waals surface area contributed by atoms with Crippen LogP contribution in [-0.4, -0.2) is 22.5 Å². The molecule has 0 unspecified atom stereocenters. The van der Waals surface area contributed by atoms with Crippen molar-refractivity contribution in [3.8, 4) is 6.07 Å². The van der Waals surface area contributed by atoms with E-state index in [1.807, 2.05) is 0 Å². The summed E-state index contributed by atoms with van der Waals surface area (Å²) < 4.78 is 11.0. The van der Waals surface area contributed by atoms with Gasteiger partial charge in [0.2, 0.25) is 0 Å². The van der Waals surface area contributed by atoms with Crippen LogP contribution in [-0.2, 0) is 9.53 Å². The van der Waals surface area contributed by atoms with Crippen molar-refractivity contribution in [2.75, 3.05) is 6.61 Å². The molecular formula is C15H12BrN3O4S. The molecule has 7 nitrogen and oxygen atoms in total. The second-order valence-corrected chi connectivity index (χ2v) is 6.28. The number of ether oxygens (including phenoxy) is 1. The predicted octanol–water partition coefficient (Wildman–Crippen LogP) is 3.06. The molecular weight excluding hydrogens is 398 g/mol. The molecule has 0 radical (unpaired) electrons. The number of aryl methyl sites for hydroxylation is 1. The average molecular weight is 410 g/mol. The molecule has 0 saturated carbocycles. The maximum atomic E-state index is 11.6. The summed E-state index contributed by atoms with van der Waals surface area (Å²) in [7, 11) is 0. The van der Waals surface area contributed by atoms with E-state index in [1.165, 1.54) is 12.1 Å². The minimum absolute atomic E-state index is 0.170. The average Bonchev–Trinajstić information content (AvgIpc) is 2.83. The Kier molecular flexibility index (Phi) is 6.00. The monoisotopic (exact) mass is 409 g/mol. The van der Waals surface area contributed by atoms with Crippen molar-refractivity contribution in [1.82, 2.24) is 9.97 Å². The smallest absolute Gasteiger partial charge is 0.349 e. The number of carbonyl (C=O) groups excluding carboxylic acids is 1. The zero-order chi connectivity index (χ0) is 17.7. The van der Waals surface area contributed by atoms with Gasteiger partial charge in [-0.05, 0) is 47.6 Å². The standard InChI is InChI=1S/C15H12BrN3O4S/c1-3-22-13(21)9(7-17)5-10-6-11(16)14(23-10)24-15-18-8(2)4-12(20)19-15/h4-6H,3H2,1-2H3,(H,18,19,20)/b9-5+. The van der Waals surface area contributed by atoms with Crippen LogP contribution in [0.4, 0.5) is 0 Å². The number of furan rings is 1. The summed E-state index contributed by atoms with van der Waals surface area (Å²) in [6, 6.07) is 4.76. The Balaban J connectivity index is 2.28. The van der Waals surface area contributed by atoms with Gasteiger partial charge in [-0.3, -0.25) is 4.79 Å². The van der Waals surface area contributed by atoms with Crippen molar-refractivity contribution >= 4 is 39.7 Å². The zero-order valence-corrected chi connectivity index (χ0v) is 15.2. The van der Waals surface area contributed by atoms with E-state index in [2.05, 4.69) is 25.9 Å². The highest BCUT2D eigenvalue weighted by Gasteiger charge is 2.15. The summed E-state index contributed by atoms with van der Waals surface area (Å²) in [5.41, 5.74) is 0.150. The fraction of sp³-hybridized carbons (Fsp3) is 0.200. The topological polar surface area (TPSA) is 109 Å². The number of esters is 1. The van der Waals surface area contributed by atoms with Crippen LogP contribution in [0.1, 0.15) is 18.4 Å². The SMILES string of the molecule is CCOC(=O)/C(C#N)=C/c1cc(Br)c(Sc2nc(C)cc(=O)[nH]2)o1. The molecule has 0 aliphatic heterocycles. The molecule has 124 valence electrons. The van der Waals surface area contributed by atoms with Crippen molar-refractivity contribution < 1.29 is 13.9 Å². The fourth-order valence-electron chi connectivity index (χ4n) is 1.69. The lowest BCUT2D eigenvalue weighted by molar-refractivity contribution is -0.137. The molecule has 0 aromatic carbocycles. The molecule has 0 aliphatic rings. The summed E-state index contributed by atoms with van der Waals surface area (Å²) in [5.74, 6) is -0.421. The summed E-state index contributed by atoms with van der Waals surface area (Å²) in [6.07, 6.45) is 1.29. The third kappa shape index (κ3) is 4.59. The maximum absolute atomic E-state index is 11.6. The van der Waals surface area contributed by atoms with Crippen LogP contribution in [0.2, 0.25) is 0 Å². The van der Waals surface area contributed by atoms with E-state index in [0.717, 1.165) is 11.8 Å². The van der Waals surface area contributed by atoms with Gasteiger partial charge in [-0.25, -0.2) is 9.78 Å². The molecule has 2 heterocycles. The number of H-pyrrole nitrogens is 1. The number of nitrogens with zero attached hydrogens (tertiary/aromatic N) is 2. The van der Waals surface area contributed by atoms with Crippen LogP contribution >= 0.6 is 27.7 Å². The third-order valence-electron chi connectivity index (χ3n) is 2.61. The Morgan fingerprint density at radius 2 is 2.33 bits per heavy atom. The Labute approximate surface area is 149 Å². The summed E-state index contributed by atoms with van der Waals surface area (Å²) in [4.78, 5) is 29.9. The Bertz CT molecular complexity index is 895. The van der Waals surface area contributed by atoms with Crippen molar-refractivity contribution in [3.63, 3.8) is 0 Å². The molecule has 1 N–H and O–H groups in total. The number of aromatic amines is 1. The van der Waals surface area contributed by atoms with Crippen LogP contribution in [0.25, 0.3) is 6.08 Å². The second kappa shape index (κ2) is 7.99. The first-order valence-electron chi connectivity index (χ1n) is 6.77. The van der Waals surface area contributed by atoms with Crippen LogP contribution < -0.4 is 5.56 Å². The van der Waals surface area contributed by atoms with Gasteiger partial charge in [-0.15, -0.1) is 0 Å². The number of halogens is 1. The van der Waals surface area contributed by atoms with Crippen molar-refractivity contribution in [2.24, 2.45) is 0 Å². The van der Waals surface area contributed by atoms with Gasteiger partial charge in [0.1, 0.15) is 17.4 Å². The lowest BCUT2D eigenvalue weighted by Gasteiger charge is -1.99. The van der Waals surface area contributed by atoms with Gasteiger partial charge in [0, 0.05) is 17.8 Å². The maximum Gasteiger partial charge on any atom is 0.349 e. The first-order valence-corrected chi connectivity index (χ1v) is 8.38. The Morgan fingerprint density at radius 1 is 1.58 bits per heavy atom. The Hall–Kier alpha value is -2.31. The van der Waals surface area contributed by atoms with Crippen LogP contribution in [0, 0.1) is 18.3 Å².